The zero-order chi connectivity index (χ0) is 8.27. The summed E-state index contributed by atoms with van der Waals surface area (Å²) in [5.41, 5.74) is 0. The fourth-order valence-electron chi connectivity index (χ4n) is 1.01. The third-order valence-corrected chi connectivity index (χ3v) is 1.69. The van der Waals surface area contributed by atoms with Crippen LogP contribution in [0.4, 0.5) is 0 Å². The summed E-state index contributed by atoms with van der Waals surface area (Å²) >= 11 is 4.77. The van der Waals surface area contributed by atoms with Crippen molar-refractivity contribution in [3.05, 3.63) is 0 Å². The van der Waals surface area contributed by atoms with Crippen molar-refractivity contribution in [3.63, 3.8) is 0 Å². The van der Waals surface area contributed by atoms with Gasteiger partial charge in [0.25, 0.3) is 0 Å². The summed E-state index contributed by atoms with van der Waals surface area (Å²) in [7, 11) is 1.92. The fraction of sp³-hybridized carbons (Fsp3) is 0.857. The molecule has 1 aliphatic heterocycles. The minimum atomic E-state index is 0.192. The van der Waals surface area contributed by atoms with Crippen LogP contribution in [-0.4, -0.2) is 36.4 Å². The molecule has 1 fully saturated rings. The average Bonchev–Trinajstić information content (AvgIpc) is 2.31. The van der Waals surface area contributed by atoms with Crippen molar-refractivity contribution in [1.82, 2.24) is 5.06 Å². The number of thiocarbonyl (C=S) groups is 1. The van der Waals surface area contributed by atoms with E-state index in [-0.39, 0.29) is 6.10 Å². The maximum atomic E-state index is 5.36. The Kier molecular flexibility index (Phi) is 3.23. The van der Waals surface area contributed by atoms with Gasteiger partial charge in [0.05, 0.1) is 0 Å². The second-order valence-electron chi connectivity index (χ2n) is 2.67. The Labute approximate surface area is 72.2 Å². The average molecular weight is 175 g/mol. The first-order chi connectivity index (χ1) is 5.18. The van der Waals surface area contributed by atoms with Crippen molar-refractivity contribution in [3.8, 4) is 0 Å². The largest absolute Gasteiger partial charge is 0.485 e. The van der Waals surface area contributed by atoms with Crippen LogP contribution >= 0.6 is 12.2 Å². The van der Waals surface area contributed by atoms with Gasteiger partial charge < -0.3 is 4.74 Å². The molecule has 1 rings (SSSR count). The quantitative estimate of drug-likeness (QED) is 0.583. The van der Waals surface area contributed by atoms with Gasteiger partial charge in [-0.3, -0.25) is 4.84 Å². The lowest BCUT2D eigenvalue weighted by Crippen LogP contribution is -2.18. The maximum absolute atomic E-state index is 5.36. The van der Waals surface area contributed by atoms with Crippen molar-refractivity contribution < 1.29 is 9.57 Å². The standard InChI is InChI=1S/C7H13NO2S/c1-6(11)9-5-7-3-4-8(2)10-7/h7H,3-5H2,1-2H3/t7-/m0/s1. The molecule has 0 amide bonds. The molecule has 11 heavy (non-hydrogen) atoms. The van der Waals surface area contributed by atoms with Crippen molar-refractivity contribution in [2.45, 2.75) is 19.4 Å². The monoisotopic (exact) mass is 175 g/mol. The molecule has 0 aliphatic carbocycles. The first kappa shape index (κ1) is 8.90. The van der Waals surface area contributed by atoms with Crippen molar-refractivity contribution >= 4 is 17.3 Å². The normalized spacial score (nSPS) is 25.5. The Hall–Kier alpha value is -0.190. The molecule has 1 saturated heterocycles. The van der Waals surface area contributed by atoms with Gasteiger partial charge in [-0.25, -0.2) is 0 Å². The number of hydrogen-bond acceptors (Lipinski definition) is 4. The maximum Gasteiger partial charge on any atom is 0.156 e. The molecule has 0 radical (unpaired) electrons. The number of ether oxygens (including phenoxy) is 1. The first-order valence-corrected chi connectivity index (χ1v) is 4.10. The van der Waals surface area contributed by atoms with Gasteiger partial charge in [0, 0.05) is 20.5 Å². The Morgan fingerprint density at radius 2 is 2.55 bits per heavy atom. The molecule has 0 saturated carbocycles. The zero-order valence-electron chi connectivity index (χ0n) is 6.87. The van der Waals surface area contributed by atoms with Crippen molar-refractivity contribution in [2.24, 2.45) is 0 Å². The highest BCUT2D eigenvalue weighted by Gasteiger charge is 2.20. The van der Waals surface area contributed by atoms with Crippen LogP contribution in [0.25, 0.3) is 0 Å². The lowest BCUT2D eigenvalue weighted by atomic mass is 10.3. The van der Waals surface area contributed by atoms with Gasteiger partial charge in [-0.2, -0.15) is 5.06 Å². The zero-order valence-corrected chi connectivity index (χ0v) is 7.69. The van der Waals surface area contributed by atoms with E-state index in [1.807, 2.05) is 12.1 Å². The van der Waals surface area contributed by atoms with E-state index in [9.17, 15) is 0 Å². The molecule has 64 valence electrons. The van der Waals surface area contributed by atoms with Crippen LogP contribution in [0, 0.1) is 0 Å². The second-order valence-corrected chi connectivity index (χ2v) is 3.25. The molecule has 3 nitrogen and oxygen atoms in total. The van der Waals surface area contributed by atoms with Crippen LogP contribution in [0.15, 0.2) is 0 Å². The second kappa shape index (κ2) is 3.99. The summed E-state index contributed by atoms with van der Waals surface area (Å²) in [6.45, 7) is 3.33. The highest BCUT2D eigenvalue weighted by atomic mass is 32.1. The predicted octanol–water partition coefficient (Wildman–Crippen LogP) is 0.986. The molecule has 0 aromatic carbocycles. The Morgan fingerprint density at radius 3 is 3.00 bits per heavy atom. The number of hydroxylamine groups is 2. The number of hydrogen-bond donors (Lipinski definition) is 0. The van der Waals surface area contributed by atoms with Crippen molar-refractivity contribution in [1.29, 1.82) is 0 Å². The first-order valence-electron chi connectivity index (χ1n) is 3.70. The lowest BCUT2D eigenvalue weighted by molar-refractivity contribution is -0.135. The summed E-state index contributed by atoms with van der Waals surface area (Å²) in [4.78, 5) is 5.36. The van der Waals surface area contributed by atoms with Gasteiger partial charge >= 0.3 is 0 Å². The van der Waals surface area contributed by atoms with Crippen LogP contribution in [0.3, 0.4) is 0 Å². The van der Waals surface area contributed by atoms with Crippen LogP contribution < -0.4 is 0 Å². The Balaban J connectivity index is 2.13. The molecule has 0 unspecified atom stereocenters. The molecule has 0 N–H and O–H groups in total. The van der Waals surface area contributed by atoms with Crippen LogP contribution in [0.2, 0.25) is 0 Å². The smallest absolute Gasteiger partial charge is 0.156 e. The molecule has 1 atom stereocenters. The van der Waals surface area contributed by atoms with E-state index >= 15 is 0 Å². The van der Waals surface area contributed by atoms with Crippen LogP contribution in [0.5, 0.6) is 0 Å². The minimum Gasteiger partial charge on any atom is -0.485 e. The summed E-state index contributed by atoms with van der Waals surface area (Å²) in [6, 6.07) is 0. The third-order valence-electron chi connectivity index (χ3n) is 1.57. The third kappa shape index (κ3) is 3.14. The summed E-state index contributed by atoms with van der Waals surface area (Å²) in [5, 5.41) is 2.41. The fourth-order valence-corrected chi connectivity index (χ4v) is 1.08. The SMILES string of the molecule is CC(=S)OC[C@@H]1CCN(C)O1. The molecule has 1 heterocycles. The van der Waals surface area contributed by atoms with E-state index in [1.54, 1.807) is 6.92 Å². The molecule has 0 aromatic heterocycles. The summed E-state index contributed by atoms with van der Waals surface area (Å²) in [5.74, 6) is 0. The van der Waals surface area contributed by atoms with E-state index in [2.05, 4.69) is 0 Å². The van der Waals surface area contributed by atoms with E-state index in [1.165, 1.54) is 0 Å². The molecule has 0 spiro atoms. The van der Waals surface area contributed by atoms with Crippen LogP contribution in [0.1, 0.15) is 13.3 Å². The minimum absolute atomic E-state index is 0.192. The predicted molar refractivity (Wildman–Crippen MR) is 46.3 cm³/mol. The molecular formula is C7H13NO2S. The summed E-state index contributed by atoms with van der Waals surface area (Å²) < 4.78 is 5.15. The summed E-state index contributed by atoms with van der Waals surface area (Å²) in [6.07, 6.45) is 1.22. The molecular weight excluding hydrogens is 162 g/mol. The van der Waals surface area contributed by atoms with Crippen LogP contribution in [-0.2, 0) is 9.57 Å². The van der Waals surface area contributed by atoms with E-state index in [4.69, 9.17) is 21.8 Å². The van der Waals surface area contributed by atoms with Crippen molar-refractivity contribution in [2.75, 3.05) is 20.2 Å². The lowest BCUT2D eigenvalue weighted by Gasteiger charge is -2.11. The van der Waals surface area contributed by atoms with Gasteiger partial charge in [-0.1, -0.05) is 0 Å². The topological polar surface area (TPSA) is 21.7 Å². The Bertz CT molecular complexity index is 151. The van der Waals surface area contributed by atoms with Gasteiger partial charge in [0.15, 0.2) is 5.05 Å². The number of nitrogens with zero attached hydrogens (tertiary/aromatic N) is 1. The highest BCUT2D eigenvalue weighted by Crippen LogP contribution is 2.11. The van der Waals surface area contributed by atoms with Gasteiger partial charge in [-0.05, 0) is 18.6 Å². The molecule has 1 aliphatic rings. The molecule has 0 aromatic rings. The van der Waals surface area contributed by atoms with E-state index in [0.717, 1.165) is 13.0 Å². The molecule has 0 bridgehead atoms. The molecule has 4 heteroatoms. The highest BCUT2D eigenvalue weighted by molar-refractivity contribution is 7.80. The number of rotatable bonds is 2. The van der Waals surface area contributed by atoms with Gasteiger partial charge in [0.1, 0.15) is 12.7 Å². The van der Waals surface area contributed by atoms with E-state index < -0.39 is 0 Å². The van der Waals surface area contributed by atoms with Gasteiger partial charge in [-0.15, -0.1) is 0 Å². The van der Waals surface area contributed by atoms with E-state index in [0.29, 0.717) is 11.7 Å². The van der Waals surface area contributed by atoms with Gasteiger partial charge in [0.2, 0.25) is 0 Å². The Morgan fingerprint density at radius 1 is 1.82 bits per heavy atom.